The van der Waals surface area contributed by atoms with E-state index in [1.165, 1.54) is 6.42 Å². The zero-order chi connectivity index (χ0) is 10.6. The summed E-state index contributed by atoms with van der Waals surface area (Å²) in [7, 11) is 0. The Labute approximate surface area is 87.9 Å². The Kier molecular flexibility index (Phi) is 4.41. The summed E-state index contributed by atoms with van der Waals surface area (Å²) in [4.78, 5) is 2.54. The molecule has 2 heteroatoms. The second-order valence-corrected chi connectivity index (χ2v) is 4.63. The van der Waals surface area contributed by atoms with E-state index < -0.39 is 0 Å². The van der Waals surface area contributed by atoms with Gasteiger partial charge in [-0.2, -0.15) is 5.26 Å². The standard InChI is InChI=1S/C12H22N2/c1-4-14-8-7-11(9-13)5-6-12(14)10(2)3/h10-12H,4-8H2,1-3H3. The normalized spacial score (nSPS) is 29.9. The molecule has 1 heterocycles. The number of hydrogen-bond donors (Lipinski definition) is 0. The minimum absolute atomic E-state index is 0.299. The molecule has 2 nitrogen and oxygen atoms in total. The summed E-state index contributed by atoms with van der Waals surface area (Å²) in [6, 6.07) is 3.11. The molecule has 0 amide bonds. The van der Waals surface area contributed by atoms with E-state index in [-0.39, 0.29) is 0 Å². The predicted octanol–water partition coefficient (Wildman–Crippen LogP) is 2.66. The van der Waals surface area contributed by atoms with E-state index in [0.29, 0.717) is 17.9 Å². The van der Waals surface area contributed by atoms with E-state index >= 15 is 0 Å². The second kappa shape index (κ2) is 5.36. The van der Waals surface area contributed by atoms with Crippen LogP contribution in [0.2, 0.25) is 0 Å². The topological polar surface area (TPSA) is 27.0 Å². The van der Waals surface area contributed by atoms with Crippen LogP contribution in [-0.4, -0.2) is 24.0 Å². The molecule has 0 aromatic rings. The van der Waals surface area contributed by atoms with Gasteiger partial charge in [0.2, 0.25) is 0 Å². The molecule has 0 aromatic heterocycles. The van der Waals surface area contributed by atoms with Crippen molar-refractivity contribution >= 4 is 0 Å². The third kappa shape index (κ3) is 2.72. The van der Waals surface area contributed by atoms with Crippen molar-refractivity contribution in [2.75, 3.05) is 13.1 Å². The SMILES string of the molecule is CCN1CCC(C#N)CCC1C(C)C. The Morgan fingerprint density at radius 3 is 2.57 bits per heavy atom. The van der Waals surface area contributed by atoms with Crippen molar-refractivity contribution in [3.05, 3.63) is 0 Å². The van der Waals surface area contributed by atoms with Crippen LogP contribution in [0.1, 0.15) is 40.0 Å². The first-order valence-corrected chi connectivity index (χ1v) is 5.82. The number of hydrogen-bond acceptors (Lipinski definition) is 2. The fourth-order valence-electron chi connectivity index (χ4n) is 2.46. The lowest BCUT2D eigenvalue weighted by Gasteiger charge is -2.31. The van der Waals surface area contributed by atoms with E-state index in [9.17, 15) is 0 Å². The Morgan fingerprint density at radius 2 is 2.07 bits per heavy atom. The van der Waals surface area contributed by atoms with E-state index in [4.69, 9.17) is 5.26 Å². The van der Waals surface area contributed by atoms with E-state index in [0.717, 1.165) is 25.9 Å². The second-order valence-electron chi connectivity index (χ2n) is 4.63. The highest BCUT2D eigenvalue weighted by atomic mass is 15.2. The van der Waals surface area contributed by atoms with Crippen LogP contribution in [0, 0.1) is 23.2 Å². The van der Waals surface area contributed by atoms with Crippen molar-refractivity contribution in [3.63, 3.8) is 0 Å². The number of nitrogens with zero attached hydrogens (tertiary/aromatic N) is 2. The molecule has 0 spiro atoms. The molecule has 2 atom stereocenters. The lowest BCUT2D eigenvalue weighted by molar-refractivity contribution is 0.165. The molecule has 1 aliphatic heterocycles. The monoisotopic (exact) mass is 194 g/mol. The van der Waals surface area contributed by atoms with Crippen molar-refractivity contribution in [3.8, 4) is 6.07 Å². The summed E-state index contributed by atoms with van der Waals surface area (Å²) in [5, 5.41) is 8.93. The highest BCUT2D eigenvalue weighted by molar-refractivity contribution is 4.89. The first kappa shape index (κ1) is 11.5. The summed E-state index contributed by atoms with van der Waals surface area (Å²) < 4.78 is 0. The molecule has 1 saturated heterocycles. The molecular weight excluding hydrogens is 172 g/mol. The van der Waals surface area contributed by atoms with Crippen LogP contribution in [0.15, 0.2) is 0 Å². The Hall–Kier alpha value is -0.550. The van der Waals surface area contributed by atoms with Gasteiger partial charge in [0, 0.05) is 12.0 Å². The van der Waals surface area contributed by atoms with Gasteiger partial charge in [-0.25, -0.2) is 0 Å². The third-order valence-corrected chi connectivity index (χ3v) is 3.40. The van der Waals surface area contributed by atoms with Crippen LogP contribution in [0.4, 0.5) is 0 Å². The molecule has 14 heavy (non-hydrogen) atoms. The molecule has 1 rings (SSSR count). The highest BCUT2D eigenvalue weighted by Gasteiger charge is 2.25. The van der Waals surface area contributed by atoms with E-state index in [1.807, 2.05) is 0 Å². The highest BCUT2D eigenvalue weighted by Crippen LogP contribution is 2.25. The Bertz CT molecular complexity index is 205. The lowest BCUT2D eigenvalue weighted by Crippen LogP contribution is -2.38. The zero-order valence-electron chi connectivity index (χ0n) is 9.66. The molecule has 1 fully saturated rings. The molecule has 80 valence electrons. The first-order valence-electron chi connectivity index (χ1n) is 5.82. The van der Waals surface area contributed by atoms with Crippen LogP contribution in [-0.2, 0) is 0 Å². The van der Waals surface area contributed by atoms with Gasteiger partial charge < -0.3 is 4.90 Å². The minimum atomic E-state index is 0.299. The van der Waals surface area contributed by atoms with Crippen LogP contribution >= 0.6 is 0 Å². The van der Waals surface area contributed by atoms with Crippen molar-refractivity contribution in [2.45, 2.75) is 46.1 Å². The van der Waals surface area contributed by atoms with Crippen LogP contribution < -0.4 is 0 Å². The maximum atomic E-state index is 8.93. The fraction of sp³-hybridized carbons (Fsp3) is 0.917. The van der Waals surface area contributed by atoms with Gasteiger partial charge in [-0.3, -0.25) is 0 Å². The fourth-order valence-corrected chi connectivity index (χ4v) is 2.46. The van der Waals surface area contributed by atoms with Gasteiger partial charge in [0.15, 0.2) is 0 Å². The zero-order valence-corrected chi connectivity index (χ0v) is 9.66. The Morgan fingerprint density at radius 1 is 1.36 bits per heavy atom. The average Bonchev–Trinajstić information content (AvgIpc) is 2.38. The van der Waals surface area contributed by atoms with Gasteiger partial charge in [-0.05, 0) is 38.3 Å². The van der Waals surface area contributed by atoms with Crippen molar-refractivity contribution < 1.29 is 0 Å². The van der Waals surface area contributed by atoms with Crippen molar-refractivity contribution in [1.82, 2.24) is 4.90 Å². The van der Waals surface area contributed by atoms with Crippen LogP contribution in [0.3, 0.4) is 0 Å². The van der Waals surface area contributed by atoms with Gasteiger partial charge in [0.25, 0.3) is 0 Å². The number of likely N-dealkylation sites (tertiary alicyclic amines) is 1. The molecule has 0 aliphatic carbocycles. The largest absolute Gasteiger partial charge is 0.300 e. The van der Waals surface area contributed by atoms with Crippen LogP contribution in [0.5, 0.6) is 0 Å². The van der Waals surface area contributed by atoms with E-state index in [1.54, 1.807) is 0 Å². The first-order chi connectivity index (χ1) is 6.69. The molecular formula is C12H22N2. The summed E-state index contributed by atoms with van der Waals surface area (Å²) in [6.45, 7) is 9.04. The van der Waals surface area contributed by atoms with Crippen LogP contribution in [0.25, 0.3) is 0 Å². The van der Waals surface area contributed by atoms with E-state index in [2.05, 4.69) is 31.7 Å². The molecule has 2 unspecified atom stereocenters. The molecule has 0 saturated carbocycles. The lowest BCUT2D eigenvalue weighted by atomic mass is 9.95. The summed E-state index contributed by atoms with van der Waals surface area (Å²) in [5.41, 5.74) is 0. The summed E-state index contributed by atoms with van der Waals surface area (Å²) in [6.07, 6.45) is 3.35. The van der Waals surface area contributed by atoms with Crippen molar-refractivity contribution in [2.24, 2.45) is 11.8 Å². The molecule has 0 aromatic carbocycles. The predicted molar refractivity (Wildman–Crippen MR) is 58.8 cm³/mol. The molecule has 0 N–H and O–H groups in total. The van der Waals surface area contributed by atoms with Gasteiger partial charge in [-0.1, -0.05) is 20.8 Å². The maximum Gasteiger partial charge on any atom is 0.0656 e. The maximum absolute atomic E-state index is 8.93. The summed E-state index contributed by atoms with van der Waals surface area (Å²) in [5.74, 6) is 1.01. The van der Waals surface area contributed by atoms with Gasteiger partial charge in [0.05, 0.1) is 6.07 Å². The third-order valence-electron chi connectivity index (χ3n) is 3.40. The van der Waals surface area contributed by atoms with Gasteiger partial charge >= 0.3 is 0 Å². The minimum Gasteiger partial charge on any atom is -0.300 e. The number of nitriles is 1. The van der Waals surface area contributed by atoms with Gasteiger partial charge in [0.1, 0.15) is 0 Å². The molecule has 0 bridgehead atoms. The smallest absolute Gasteiger partial charge is 0.0656 e. The average molecular weight is 194 g/mol. The number of rotatable bonds is 2. The van der Waals surface area contributed by atoms with Gasteiger partial charge in [-0.15, -0.1) is 0 Å². The Balaban J connectivity index is 2.61. The summed E-state index contributed by atoms with van der Waals surface area (Å²) >= 11 is 0. The molecule has 1 aliphatic rings. The quantitative estimate of drug-likeness (QED) is 0.675. The molecule has 0 radical (unpaired) electrons. The van der Waals surface area contributed by atoms with Crippen molar-refractivity contribution in [1.29, 1.82) is 5.26 Å².